The summed E-state index contributed by atoms with van der Waals surface area (Å²) in [5.41, 5.74) is 1.10. The molecule has 3 aromatic rings. The minimum atomic E-state index is 0.191. The lowest BCUT2D eigenvalue weighted by atomic mass is 10.0. The molecule has 37 heavy (non-hydrogen) atoms. The van der Waals surface area contributed by atoms with Crippen LogP contribution in [0.1, 0.15) is 18.4 Å². The van der Waals surface area contributed by atoms with Crippen molar-refractivity contribution in [3.63, 3.8) is 0 Å². The summed E-state index contributed by atoms with van der Waals surface area (Å²) in [6.45, 7) is 8.96. The summed E-state index contributed by atoms with van der Waals surface area (Å²) >= 11 is 0. The molecule has 1 atom stereocenters. The van der Waals surface area contributed by atoms with E-state index in [1.54, 1.807) is 0 Å². The Morgan fingerprint density at radius 2 is 1.49 bits per heavy atom. The number of aromatic nitrogens is 2. The largest absolute Gasteiger partial charge is 0.377 e. The van der Waals surface area contributed by atoms with E-state index in [1.165, 1.54) is 18.2 Å². The molecule has 0 radical (unpaired) electrons. The summed E-state index contributed by atoms with van der Waals surface area (Å²) in [6, 6.07) is 18.6. The number of hydrogen-bond donors (Lipinski definition) is 0. The molecular formula is C29H36N6O2. The molecule has 2 aromatic carbocycles. The zero-order valence-electron chi connectivity index (χ0n) is 21.5. The summed E-state index contributed by atoms with van der Waals surface area (Å²) < 4.78 is 5.80. The third-order valence-electron chi connectivity index (χ3n) is 8.00. The SMILES string of the molecule is O=C(Cc1cccc2ccccc12)N1CCN(c2ccc(N3CCN(CC4CCCO4)CC3)nn2)CC1. The van der Waals surface area contributed by atoms with E-state index in [2.05, 4.69) is 61.3 Å². The highest BCUT2D eigenvalue weighted by Gasteiger charge is 2.25. The van der Waals surface area contributed by atoms with Gasteiger partial charge in [0.15, 0.2) is 11.6 Å². The van der Waals surface area contributed by atoms with E-state index in [0.717, 1.165) is 75.0 Å². The van der Waals surface area contributed by atoms with Gasteiger partial charge < -0.3 is 19.4 Å². The summed E-state index contributed by atoms with van der Waals surface area (Å²) in [6.07, 6.45) is 3.25. The number of ether oxygens (including phenoxy) is 1. The van der Waals surface area contributed by atoms with Gasteiger partial charge in [-0.25, -0.2) is 0 Å². The number of fused-ring (bicyclic) bond motifs is 1. The zero-order chi connectivity index (χ0) is 25.0. The van der Waals surface area contributed by atoms with Gasteiger partial charge in [-0.05, 0) is 41.3 Å². The van der Waals surface area contributed by atoms with Crippen molar-refractivity contribution in [2.75, 3.05) is 75.3 Å². The zero-order valence-corrected chi connectivity index (χ0v) is 21.5. The standard InChI is InChI=1S/C29H36N6O2/c36-29(21-24-7-3-6-23-5-1-2-9-26(23)24)35-18-16-34(17-19-35)28-11-10-27(30-31-28)33-14-12-32(13-15-33)22-25-8-4-20-37-25/h1-3,5-7,9-11,25H,4,8,12-22H2. The Balaban J connectivity index is 0.989. The second-order valence-corrected chi connectivity index (χ2v) is 10.4. The van der Waals surface area contributed by atoms with Crippen molar-refractivity contribution in [1.29, 1.82) is 0 Å². The molecule has 4 heterocycles. The normalized spacial score (nSPS) is 21.1. The van der Waals surface area contributed by atoms with Crippen LogP contribution in [0.3, 0.4) is 0 Å². The van der Waals surface area contributed by atoms with Crippen molar-refractivity contribution in [1.82, 2.24) is 20.0 Å². The average molecular weight is 501 g/mol. The van der Waals surface area contributed by atoms with E-state index < -0.39 is 0 Å². The van der Waals surface area contributed by atoms with Gasteiger partial charge in [-0.2, -0.15) is 0 Å². The topological polar surface area (TPSA) is 65.0 Å². The Hall–Kier alpha value is -3.23. The Morgan fingerprint density at radius 1 is 0.811 bits per heavy atom. The van der Waals surface area contributed by atoms with Crippen LogP contribution < -0.4 is 9.80 Å². The first-order chi connectivity index (χ1) is 18.2. The molecule has 1 aromatic heterocycles. The predicted molar refractivity (Wildman–Crippen MR) is 146 cm³/mol. The number of amides is 1. The third-order valence-corrected chi connectivity index (χ3v) is 8.00. The van der Waals surface area contributed by atoms with Crippen LogP contribution >= 0.6 is 0 Å². The first-order valence-electron chi connectivity index (χ1n) is 13.6. The van der Waals surface area contributed by atoms with Crippen molar-refractivity contribution in [3.8, 4) is 0 Å². The van der Waals surface area contributed by atoms with Gasteiger partial charge in [-0.3, -0.25) is 9.69 Å². The lowest BCUT2D eigenvalue weighted by molar-refractivity contribution is -0.130. The van der Waals surface area contributed by atoms with Gasteiger partial charge in [-0.1, -0.05) is 42.5 Å². The fourth-order valence-electron chi connectivity index (χ4n) is 5.80. The smallest absolute Gasteiger partial charge is 0.227 e. The number of anilines is 2. The molecule has 0 saturated carbocycles. The predicted octanol–water partition coefficient (Wildman–Crippen LogP) is 2.82. The molecule has 0 bridgehead atoms. The van der Waals surface area contributed by atoms with Crippen molar-refractivity contribution in [2.24, 2.45) is 0 Å². The highest BCUT2D eigenvalue weighted by Crippen LogP contribution is 2.22. The quantitative estimate of drug-likeness (QED) is 0.516. The summed E-state index contributed by atoms with van der Waals surface area (Å²) in [5, 5.41) is 11.4. The summed E-state index contributed by atoms with van der Waals surface area (Å²) in [4.78, 5) is 22.1. The molecule has 3 fully saturated rings. The first kappa shape index (κ1) is 24.1. The molecule has 1 amide bonds. The molecule has 0 N–H and O–H groups in total. The van der Waals surface area contributed by atoms with Gasteiger partial charge in [0.1, 0.15) is 0 Å². The van der Waals surface area contributed by atoms with E-state index in [0.29, 0.717) is 25.6 Å². The van der Waals surface area contributed by atoms with Crippen LogP contribution in [0.25, 0.3) is 10.8 Å². The van der Waals surface area contributed by atoms with E-state index >= 15 is 0 Å². The molecular weight excluding hydrogens is 464 g/mol. The molecule has 3 aliphatic heterocycles. The number of piperazine rings is 2. The van der Waals surface area contributed by atoms with Gasteiger partial charge >= 0.3 is 0 Å². The van der Waals surface area contributed by atoms with E-state index in [9.17, 15) is 4.79 Å². The van der Waals surface area contributed by atoms with E-state index in [4.69, 9.17) is 4.74 Å². The lowest BCUT2D eigenvalue weighted by Gasteiger charge is -2.37. The van der Waals surface area contributed by atoms with E-state index in [1.807, 2.05) is 23.1 Å². The summed E-state index contributed by atoms with van der Waals surface area (Å²) in [7, 11) is 0. The highest BCUT2D eigenvalue weighted by molar-refractivity contribution is 5.90. The van der Waals surface area contributed by atoms with Gasteiger partial charge in [0, 0.05) is 65.5 Å². The number of rotatable bonds is 6. The van der Waals surface area contributed by atoms with Crippen molar-refractivity contribution in [3.05, 3.63) is 60.2 Å². The Kier molecular flexibility index (Phi) is 7.19. The maximum Gasteiger partial charge on any atom is 0.227 e. The van der Waals surface area contributed by atoms with Crippen molar-refractivity contribution < 1.29 is 9.53 Å². The molecule has 0 aliphatic carbocycles. The molecule has 1 unspecified atom stereocenters. The molecule has 8 heteroatoms. The third kappa shape index (κ3) is 5.55. The van der Waals surface area contributed by atoms with Crippen molar-refractivity contribution >= 4 is 28.3 Å². The van der Waals surface area contributed by atoms with Crippen molar-refractivity contribution in [2.45, 2.75) is 25.4 Å². The van der Waals surface area contributed by atoms with Crippen LogP contribution in [0.4, 0.5) is 11.6 Å². The Bertz CT molecular complexity index is 1190. The van der Waals surface area contributed by atoms with Crippen LogP contribution in [-0.2, 0) is 16.0 Å². The second-order valence-electron chi connectivity index (χ2n) is 10.4. The molecule has 194 valence electrons. The van der Waals surface area contributed by atoms with E-state index in [-0.39, 0.29) is 5.91 Å². The van der Waals surface area contributed by atoms with Gasteiger partial charge in [-0.15, -0.1) is 10.2 Å². The molecule has 8 nitrogen and oxygen atoms in total. The molecule has 0 spiro atoms. The van der Waals surface area contributed by atoms with Crippen LogP contribution in [0.2, 0.25) is 0 Å². The van der Waals surface area contributed by atoms with Crippen LogP contribution in [0, 0.1) is 0 Å². The minimum Gasteiger partial charge on any atom is -0.377 e. The fraction of sp³-hybridized carbons (Fsp3) is 0.483. The van der Waals surface area contributed by atoms with Crippen LogP contribution in [-0.4, -0.2) is 97.5 Å². The maximum atomic E-state index is 13.1. The average Bonchev–Trinajstić information content (AvgIpc) is 3.47. The Morgan fingerprint density at radius 3 is 2.16 bits per heavy atom. The van der Waals surface area contributed by atoms with Crippen LogP contribution in [0.5, 0.6) is 0 Å². The number of hydrogen-bond acceptors (Lipinski definition) is 7. The second kappa shape index (κ2) is 11.0. The van der Waals surface area contributed by atoms with Crippen LogP contribution in [0.15, 0.2) is 54.6 Å². The molecule has 6 rings (SSSR count). The minimum absolute atomic E-state index is 0.191. The Labute approximate surface area is 218 Å². The molecule has 3 aliphatic rings. The first-order valence-corrected chi connectivity index (χ1v) is 13.6. The molecule has 3 saturated heterocycles. The number of nitrogens with zero attached hydrogens (tertiary/aromatic N) is 6. The van der Waals surface area contributed by atoms with Gasteiger partial charge in [0.2, 0.25) is 5.91 Å². The summed E-state index contributed by atoms with van der Waals surface area (Å²) in [5.74, 6) is 2.03. The number of carbonyl (C=O) groups is 1. The monoisotopic (exact) mass is 500 g/mol. The number of benzene rings is 2. The van der Waals surface area contributed by atoms with Gasteiger partial charge in [0.25, 0.3) is 0 Å². The van der Waals surface area contributed by atoms with Gasteiger partial charge in [0.05, 0.1) is 12.5 Å². The fourth-order valence-corrected chi connectivity index (χ4v) is 5.80. The maximum absolute atomic E-state index is 13.1. The lowest BCUT2D eigenvalue weighted by Crippen LogP contribution is -2.49. The highest BCUT2D eigenvalue weighted by atomic mass is 16.5. The number of carbonyl (C=O) groups excluding carboxylic acids is 1.